The lowest BCUT2D eigenvalue weighted by atomic mass is 9.79. The zero-order chi connectivity index (χ0) is 16.0. The molecule has 128 valence electrons. The van der Waals surface area contributed by atoms with Crippen LogP contribution in [0.15, 0.2) is 0 Å². The van der Waals surface area contributed by atoms with E-state index in [1.807, 2.05) is 0 Å². The summed E-state index contributed by atoms with van der Waals surface area (Å²) in [6.07, 6.45) is 10.2. The number of hydrogen-bond donors (Lipinski definition) is 0. The van der Waals surface area contributed by atoms with Crippen LogP contribution in [0.3, 0.4) is 0 Å². The van der Waals surface area contributed by atoms with Crippen LogP contribution in [0.4, 0.5) is 0 Å². The number of ether oxygens (including phenoxy) is 1. The third-order valence-corrected chi connectivity index (χ3v) is 6.49. The van der Waals surface area contributed by atoms with E-state index >= 15 is 0 Å². The summed E-state index contributed by atoms with van der Waals surface area (Å²) in [6.45, 7) is 8.16. The van der Waals surface area contributed by atoms with Crippen LogP contribution in [-0.4, -0.2) is 43.7 Å². The fraction of sp³-hybridized carbons (Fsp3) is 0.947. The monoisotopic (exact) mass is 310 g/mol. The summed E-state index contributed by atoms with van der Waals surface area (Å²) in [6, 6.07) is 0. The molecule has 2 fully saturated rings. The molecule has 0 unspecified atom stereocenters. The maximum absolute atomic E-state index is 12.8. The first-order valence-electron chi connectivity index (χ1n) is 9.60. The van der Waals surface area contributed by atoms with Crippen LogP contribution in [0, 0.1) is 17.8 Å². The van der Waals surface area contributed by atoms with Crippen LogP contribution in [0.5, 0.6) is 0 Å². The number of carbonyl (C=O) groups excluding carboxylic acids is 1. The quantitative estimate of drug-likeness (QED) is 0.500. The van der Waals surface area contributed by atoms with E-state index in [4.69, 9.17) is 4.74 Å². The van der Waals surface area contributed by atoms with Gasteiger partial charge in [-0.1, -0.05) is 25.7 Å². The highest BCUT2D eigenvalue weighted by Crippen LogP contribution is 2.42. The molecule has 2 aliphatic rings. The molecule has 2 saturated carbocycles. The zero-order valence-electron chi connectivity index (χ0n) is 15.0. The van der Waals surface area contributed by atoms with Crippen LogP contribution in [0.1, 0.15) is 65.2 Å². The Hall–Kier alpha value is -0.570. The van der Waals surface area contributed by atoms with Crippen molar-refractivity contribution < 1.29 is 14.0 Å². The lowest BCUT2D eigenvalue weighted by Gasteiger charge is -2.32. The summed E-state index contributed by atoms with van der Waals surface area (Å²) in [5.41, 5.74) is 0. The smallest absolute Gasteiger partial charge is 0.309 e. The lowest BCUT2D eigenvalue weighted by Crippen LogP contribution is -2.46. The number of hydrogen-bond acceptors (Lipinski definition) is 2. The molecule has 2 rings (SSSR count). The van der Waals surface area contributed by atoms with Gasteiger partial charge in [0.15, 0.2) is 0 Å². The van der Waals surface area contributed by atoms with E-state index in [2.05, 4.69) is 20.9 Å². The molecule has 0 amide bonds. The SMILES string of the molecule is CC[N+](C)(CC)CCOC(=O)C(C1CCCC1)C1CCCC1. The van der Waals surface area contributed by atoms with Gasteiger partial charge in [0.25, 0.3) is 0 Å². The Kier molecular flexibility index (Phi) is 6.73. The number of quaternary nitrogens is 1. The molecule has 0 aromatic heterocycles. The number of carbonyl (C=O) groups is 1. The van der Waals surface area contributed by atoms with E-state index in [1.165, 1.54) is 51.4 Å². The summed E-state index contributed by atoms with van der Waals surface area (Å²) < 4.78 is 6.76. The van der Waals surface area contributed by atoms with Crippen molar-refractivity contribution in [1.82, 2.24) is 0 Å². The number of likely N-dealkylation sites (N-methyl/N-ethyl adjacent to an activating group) is 1. The normalized spacial score (nSPS) is 20.9. The molecule has 0 N–H and O–H groups in total. The molecular formula is C19H36NO2+. The van der Waals surface area contributed by atoms with E-state index in [0.29, 0.717) is 18.4 Å². The molecule has 22 heavy (non-hydrogen) atoms. The van der Waals surface area contributed by atoms with Gasteiger partial charge in [0.2, 0.25) is 0 Å². The first-order chi connectivity index (χ1) is 10.6. The minimum absolute atomic E-state index is 0.123. The molecule has 0 aromatic rings. The highest BCUT2D eigenvalue weighted by Gasteiger charge is 2.39. The summed E-state index contributed by atoms with van der Waals surface area (Å²) in [5.74, 6) is 1.53. The second-order valence-corrected chi connectivity index (χ2v) is 7.76. The van der Waals surface area contributed by atoms with Crippen molar-refractivity contribution in [3.63, 3.8) is 0 Å². The number of esters is 1. The molecule has 2 aliphatic carbocycles. The highest BCUT2D eigenvalue weighted by atomic mass is 16.5. The Morgan fingerprint density at radius 1 is 1.00 bits per heavy atom. The fourth-order valence-corrected chi connectivity index (χ4v) is 4.41. The van der Waals surface area contributed by atoms with Gasteiger partial charge < -0.3 is 9.22 Å². The highest BCUT2D eigenvalue weighted by molar-refractivity contribution is 5.73. The molecule has 0 saturated heterocycles. The molecule has 3 heteroatoms. The van der Waals surface area contributed by atoms with Crippen LogP contribution < -0.4 is 0 Å². The molecular weight excluding hydrogens is 274 g/mol. The van der Waals surface area contributed by atoms with Gasteiger partial charge in [0.05, 0.1) is 26.1 Å². The van der Waals surface area contributed by atoms with Gasteiger partial charge in [-0.2, -0.15) is 0 Å². The third-order valence-electron chi connectivity index (χ3n) is 6.49. The second-order valence-electron chi connectivity index (χ2n) is 7.76. The van der Waals surface area contributed by atoms with Crippen LogP contribution in [-0.2, 0) is 9.53 Å². The number of rotatable bonds is 8. The Bertz CT molecular complexity index is 323. The second kappa shape index (κ2) is 8.33. The maximum atomic E-state index is 12.8. The van der Waals surface area contributed by atoms with E-state index < -0.39 is 0 Å². The largest absolute Gasteiger partial charge is 0.459 e. The first kappa shape index (κ1) is 17.8. The topological polar surface area (TPSA) is 26.3 Å². The van der Waals surface area contributed by atoms with Crippen molar-refractivity contribution in [2.75, 3.05) is 33.3 Å². The van der Waals surface area contributed by atoms with Crippen molar-refractivity contribution in [3.8, 4) is 0 Å². The van der Waals surface area contributed by atoms with Crippen molar-refractivity contribution in [2.24, 2.45) is 17.8 Å². The predicted molar refractivity (Wildman–Crippen MR) is 90.5 cm³/mol. The van der Waals surface area contributed by atoms with E-state index in [0.717, 1.165) is 24.1 Å². The summed E-state index contributed by atoms with van der Waals surface area (Å²) >= 11 is 0. The third kappa shape index (κ3) is 4.47. The van der Waals surface area contributed by atoms with Crippen molar-refractivity contribution in [3.05, 3.63) is 0 Å². The average Bonchev–Trinajstić information content (AvgIpc) is 3.21. The van der Waals surface area contributed by atoms with Crippen molar-refractivity contribution >= 4 is 5.97 Å². The van der Waals surface area contributed by atoms with Crippen LogP contribution >= 0.6 is 0 Å². The summed E-state index contributed by atoms with van der Waals surface area (Å²) in [4.78, 5) is 12.8. The molecule has 3 nitrogen and oxygen atoms in total. The molecule has 0 spiro atoms. The van der Waals surface area contributed by atoms with Crippen LogP contribution in [0.25, 0.3) is 0 Å². The predicted octanol–water partition coefficient (Wildman–Crippen LogP) is 4.01. The Morgan fingerprint density at radius 2 is 1.45 bits per heavy atom. The van der Waals surface area contributed by atoms with Gasteiger partial charge >= 0.3 is 5.97 Å². The maximum Gasteiger partial charge on any atom is 0.309 e. The Balaban J connectivity index is 1.88. The zero-order valence-corrected chi connectivity index (χ0v) is 15.0. The van der Waals surface area contributed by atoms with Crippen molar-refractivity contribution in [2.45, 2.75) is 65.2 Å². The van der Waals surface area contributed by atoms with Gasteiger partial charge in [-0.05, 0) is 51.4 Å². The Labute approximate surface area is 137 Å². The standard InChI is InChI=1S/C19H36NO2/c1-4-20(3,5-2)14-15-22-19(21)18(16-10-6-7-11-16)17-12-8-9-13-17/h16-18H,4-15H2,1-3H3/q+1. The lowest BCUT2D eigenvalue weighted by molar-refractivity contribution is -0.906. The van der Waals surface area contributed by atoms with Gasteiger partial charge in [-0.25, -0.2) is 0 Å². The van der Waals surface area contributed by atoms with E-state index in [1.54, 1.807) is 0 Å². The molecule has 0 heterocycles. The molecule has 0 aromatic carbocycles. The fourth-order valence-electron chi connectivity index (χ4n) is 4.41. The van der Waals surface area contributed by atoms with E-state index in [9.17, 15) is 4.79 Å². The van der Waals surface area contributed by atoms with E-state index in [-0.39, 0.29) is 11.9 Å². The van der Waals surface area contributed by atoms with Gasteiger partial charge in [-0.3, -0.25) is 4.79 Å². The molecule has 0 aliphatic heterocycles. The molecule has 0 atom stereocenters. The summed E-state index contributed by atoms with van der Waals surface area (Å²) in [7, 11) is 2.25. The molecule has 0 radical (unpaired) electrons. The first-order valence-corrected chi connectivity index (χ1v) is 9.60. The van der Waals surface area contributed by atoms with Crippen molar-refractivity contribution in [1.29, 1.82) is 0 Å². The van der Waals surface area contributed by atoms with Gasteiger partial charge in [-0.15, -0.1) is 0 Å². The van der Waals surface area contributed by atoms with Gasteiger partial charge in [0, 0.05) is 0 Å². The Morgan fingerprint density at radius 3 is 1.86 bits per heavy atom. The molecule has 0 bridgehead atoms. The number of nitrogens with zero attached hydrogens (tertiary/aromatic N) is 1. The average molecular weight is 311 g/mol. The minimum Gasteiger partial charge on any atom is -0.459 e. The minimum atomic E-state index is 0.123. The van der Waals surface area contributed by atoms with Crippen LogP contribution in [0.2, 0.25) is 0 Å². The van der Waals surface area contributed by atoms with Gasteiger partial charge in [0.1, 0.15) is 13.2 Å². The summed E-state index contributed by atoms with van der Waals surface area (Å²) in [5, 5.41) is 0.